The van der Waals surface area contributed by atoms with E-state index in [4.69, 9.17) is 0 Å². The first-order valence-electron chi connectivity index (χ1n) is 13.9. The minimum absolute atomic E-state index is 1.18. The van der Waals surface area contributed by atoms with Crippen molar-refractivity contribution in [1.82, 2.24) is 9.13 Å². The van der Waals surface area contributed by atoms with E-state index in [9.17, 15) is 0 Å². The maximum atomic E-state index is 2.38. The molecule has 3 aromatic heterocycles. The molecule has 9 aromatic rings. The Labute approximate surface area is 240 Å². The van der Waals surface area contributed by atoms with Gasteiger partial charge in [-0.2, -0.15) is 0 Å². The van der Waals surface area contributed by atoms with Crippen molar-refractivity contribution in [3.8, 4) is 22.5 Å². The van der Waals surface area contributed by atoms with Gasteiger partial charge in [0, 0.05) is 53.9 Å². The molecule has 0 spiro atoms. The molecule has 0 amide bonds. The van der Waals surface area contributed by atoms with E-state index in [0.29, 0.717) is 0 Å². The molecular formula is C38H24N2S. The highest BCUT2D eigenvalue weighted by Crippen LogP contribution is 2.37. The van der Waals surface area contributed by atoms with Gasteiger partial charge in [0.15, 0.2) is 0 Å². The zero-order valence-electron chi connectivity index (χ0n) is 22.2. The predicted molar refractivity (Wildman–Crippen MR) is 176 cm³/mol. The van der Waals surface area contributed by atoms with Crippen LogP contribution in [0, 0.1) is 0 Å². The summed E-state index contributed by atoms with van der Waals surface area (Å²) in [4.78, 5) is 0. The molecule has 6 aromatic carbocycles. The van der Waals surface area contributed by atoms with Gasteiger partial charge in [-0.15, -0.1) is 11.3 Å². The van der Waals surface area contributed by atoms with E-state index < -0.39 is 0 Å². The highest BCUT2D eigenvalue weighted by molar-refractivity contribution is 7.25. The molecule has 0 aliphatic carbocycles. The molecule has 0 unspecified atom stereocenters. The first kappa shape index (κ1) is 22.7. The summed E-state index contributed by atoms with van der Waals surface area (Å²) in [5, 5.41) is 6.44. The van der Waals surface area contributed by atoms with E-state index >= 15 is 0 Å². The number of para-hydroxylation sites is 2. The van der Waals surface area contributed by atoms with Crippen molar-refractivity contribution in [3.63, 3.8) is 0 Å². The Morgan fingerprint density at radius 1 is 0.415 bits per heavy atom. The van der Waals surface area contributed by atoms with Crippen LogP contribution >= 0.6 is 11.3 Å². The Hall–Kier alpha value is -5.12. The Morgan fingerprint density at radius 2 is 1.15 bits per heavy atom. The Bertz CT molecular complexity index is 2420. The maximum absolute atomic E-state index is 2.38. The standard InChI is InChI=1S/C38H24N2S/c1-2-8-28(9-3-1)40-35-12-6-4-10-30(35)31-17-14-26(23-36(31)40)25-15-18-34-27(22-25)20-21-39(34)29-16-19-38-33(24-29)32-11-5-7-13-37(32)41-38/h1-24H. The van der Waals surface area contributed by atoms with Crippen LogP contribution in [0.3, 0.4) is 0 Å². The normalized spacial score (nSPS) is 11.9. The number of aromatic nitrogens is 2. The van der Waals surface area contributed by atoms with Crippen molar-refractivity contribution in [2.75, 3.05) is 0 Å². The van der Waals surface area contributed by atoms with Gasteiger partial charge in [0.2, 0.25) is 0 Å². The molecule has 0 bridgehead atoms. The van der Waals surface area contributed by atoms with E-state index in [2.05, 4.69) is 155 Å². The van der Waals surface area contributed by atoms with E-state index in [1.165, 1.54) is 75.4 Å². The topological polar surface area (TPSA) is 9.86 Å². The second-order valence-electron chi connectivity index (χ2n) is 10.7. The van der Waals surface area contributed by atoms with E-state index in [1.54, 1.807) is 0 Å². The second kappa shape index (κ2) is 8.69. The van der Waals surface area contributed by atoms with Gasteiger partial charge >= 0.3 is 0 Å². The first-order chi connectivity index (χ1) is 20.3. The van der Waals surface area contributed by atoms with Gasteiger partial charge in [-0.05, 0) is 77.9 Å². The van der Waals surface area contributed by atoms with Crippen LogP contribution in [0.25, 0.3) is 75.4 Å². The largest absolute Gasteiger partial charge is 0.317 e. The minimum Gasteiger partial charge on any atom is -0.317 e. The van der Waals surface area contributed by atoms with Crippen LogP contribution in [0.2, 0.25) is 0 Å². The molecule has 0 aliphatic rings. The van der Waals surface area contributed by atoms with Gasteiger partial charge in [-0.3, -0.25) is 0 Å². The van der Waals surface area contributed by atoms with Crippen molar-refractivity contribution in [2.24, 2.45) is 0 Å². The Kier molecular flexibility index (Phi) is 4.80. The van der Waals surface area contributed by atoms with Crippen molar-refractivity contribution in [1.29, 1.82) is 0 Å². The maximum Gasteiger partial charge on any atom is 0.0547 e. The third-order valence-corrected chi connectivity index (χ3v) is 9.50. The molecule has 3 heteroatoms. The average molecular weight is 541 g/mol. The molecule has 41 heavy (non-hydrogen) atoms. The third kappa shape index (κ3) is 3.43. The molecule has 0 aliphatic heterocycles. The summed E-state index contributed by atoms with van der Waals surface area (Å²) in [7, 11) is 0. The van der Waals surface area contributed by atoms with Crippen molar-refractivity contribution < 1.29 is 0 Å². The number of fused-ring (bicyclic) bond motifs is 7. The number of hydrogen-bond acceptors (Lipinski definition) is 1. The summed E-state index contributed by atoms with van der Waals surface area (Å²) < 4.78 is 7.36. The summed E-state index contributed by atoms with van der Waals surface area (Å²) in [6.45, 7) is 0. The fraction of sp³-hybridized carbons (Fsp3) is 0. The molecule has 0 radical (unpaired) electrons. The van der Waals surface area contributed by atoms with Gasteiger partial charge < -0.3 is 9.13 Å². The number of hydrogen-bond donors (Lipinski definition) is 0. The number of nitrogens with zero attached hydrogens (tertiary/aromatic N) is 2. The number of thiophene rings is 1. The second-order valence-corrected chi connectivity index (χ2v) is 11.7. The van der Waals surface area contributed by atoms with Crippen molar-refractivity contribution >= 4 is 64.2 Å². The molecule has 0 fully saturated rings. The van der Waals surface area contributed by atoms with Crippen LogP contribution in [-0.2, 0) is 0 Å². The highest BCUT2D eigenvalue weighted by Gasteiger charge is 2.14. The van der Waals surface area contributed by atoms with Crippen LogP contribution in [0.1, 0.15) is 0 Å². The molecular weight excluding hydrogens is 516 g/mol. The van der Waals surface area contributed by atoms with Crippen LogP contribution in [0.5, 0.6) is 0 Å². The van der Waals surface area contributed by atoms with E-state index in [1.807, 2.05) is 11.3 Å². The van der Waals surface area contributed by atoms with Gasteiger partial charge in [0.25, 0.3) is 0 Å². The quantitative estimate of drug-likeness (QED) is 0.211. The average Bonchev–Trinajstić information content (AvgIpc) is 3.72. The summed E-state index contributed by atoms with van der Waals surface area (Å²) in [6, 6.07) is 50.8. The number of benzene rings is 6. The van der Waals surface area contributed by atoms with Crippen LogP contribution < -0.4 is 0 Å². The molecule has 2 nitrogen and oxygen atoms in total. The molecule has 3 heterocycles. The lowest BCUT2D eigenvalue weighted by Crippen LogP contribution is -1.93. The van der Waals surface area contributed by atoms with Gasteiger partial charge in [0.1, 0.15) is 0 Å². The third-order valence-electron chi connectivity index (χ3n) is 8.35. The SMILES string of the molecule is c1ccc(-n2c3ccccc3c3ccc(-c4ccc5c(ccn5-c5ccc6sc7ccccc7c6c5)c4)cc32)cc1. The Balaban J connectivity index is 1.18. The molecule has 9 rings (SSSR count). The summed E-state index contributed by atoms with van der Waals surface area (Å²) >= 11 is 1.86. The van der Waals surface area contributed by atoms with Crippen LogP contribution in [0.15, 0.2) is 146 Å². The van der Waals surface area contributed by atoms with Gasteiger partial charge in [-0.25, -0.2) is 0 Å². The van der Waals surface area contributed by atoms with Crippen molar-refractivity contribution in [2.45, 2.75) is 0 Å². The van der Waals surface area contributed by atoms with Gasteiger partial charge in [0.05, 0.1) is 16.6 Å². The smallest absolute Gasteiger partial charge is 0.0547 e. The highest BCUT2D eigenvalue weighted by atomic mass is 32.1. The van der Waals surface area contributed by atoms with Crippen molar-refractivity contribution in [3.05, 3.63) is 146 Å². The molecule has 0 N–H and O–H groups in total. The predicted octanol–water partition coefficient (Wildman–Crippen LogP) is 10.8. The summed E-state index contributed by atoms with van der Waals surface area (Å²) in [5.41, 5.74) is 8.49. The van der Waals surface area contributed by atoms with E-state index in [-0.39, 0.29) is 0 Å². The molecule has 192 valence electrons. The fourth-order valence-corrected chi connectivity index (χ4v) is 7.50. The lowest BCUT2D eigenvalue weighted by atomic mass is 10.0. The lowest BCUT2D eigenvalue weighted by Gasteiger charge is -2.10. The minimum atomic E-state index is 1.18. The Morgan fingerprint density at radius 3 is 2.07 bits per heavy atom. The zero-order valence-corrected chi connectivity index (χ0v) is 23.0. The monoisotopic (exact) mass is 540 g/mol. The number of rotatable bonds is 3. The summed E-state index contributed by atoms with van der Waals surface area (Å²) in [6.07, 6.45) is 2.20. The molecule has 0 saturated carbocycles. The van der Waals surface area contributed by atoms with Crippen LogP contribution in [0.4, 0.5) is 0 Å². The van der Waals surface area contributed by atoms with E-state index in [0.717, 1.165) is 0 Å². The molecule has 0 saturated heterocycles. The lowest BCUT2D eigenvalue weighted by molar-refractivity contribution is 1.13. The van der Waals surface area contributed by atoms with Gasteiger partial charge in [-0.1, -0.05) is 72.8 Å². The zero-order chi connectivity index (χ0) is 26.9. The molecule has 0 atom stereocenters. The first-order valence-corrected chi connectivity index (χ1v) is 14.8. The fourth-order valence-electron chi connectivity index (χ4n) is 6.42. The summed E-state index contributed by atoms with van der Waals surface area (Å²) in [5.74, 6) is 0. The van der Waals surface area contributed by atoms with Crippen LogP contribution in [-0.4, -0.2) is 9.13 Å².